The fraction of sp³-hybridized carbons (Fsp3) is 0.909. The second-order valence-electron chi connectivity index (χ2n) is 4.26. The SMILES string of the molecule is CCCC1CN=C(NCCCN(C)C)S1. The maximum absolute atomic E-state index is 4.51. The lowest BCUT2D eigenvalue weighted by molar-refractivity contribution is 0.400. The number of hydrogen-bond donors (Lipinski definition) is 1. The number of thioether (sulfide) groups is 1. The molecule has 1 unspecified atom stereocenters. The first-order valence-electron chi connectivity index (χ1n) is 5.82. The predicted octanol–water partition coefficient (Wildman–Crippen LogP) is 1.80. The summed E-state index contributed by atoms with van der Waals surface area (Å²) in [7, 11) is 4.22. The van der Waals surface area contributed by atoms with Crippen molar-refractivity contribution in [2.75, 3.05) is 33.7 Å². The minimum atomic E-state index is 0.728. The van der Waals surface area contributed by atoms with Crippen molar-refractivity contribution in [2.24, 2.45) is 4.99 Å². The molecule has 1 atom stereocenters. The van der Waals surface area contributed by atoms with Gasteiger partial charge in [-0.25, -0.2) is 0 Å². The molecule has 1 aliphatic rings. The summed E-state index contributed by atoms with van der Waals surface area (Å²) in [4.78, 5) is 6.72. The van der Waals surface area contributed by atoms with Gasteiger partial charge in [0.2, 0.25) is 0 Å². The van der Waals surface area contributed by atoms with Crippen LogP contribution in [0.15, 0.2) is 4.99 Å². The Morgan fingerprint density at radius 2 is 2.33 bits per heavy atom. The van der Waals surface area contributed by atoms with E-state index in [9.17, 15) is 0 Å². The number of rotatable bonds is 6. The van der Waals surface area contributed by atoms with Crippen LogP contribution in [0.4, 0.5) is 0 Å². The van der Waals surface area contributed by atoms with Gasteiger partial charge in [-0.1, -0.05) is 25.1 Å². The summed E-state index contributed by atoms with van der Waals surface area (Å²) in [6.07, 6.45) is 3.74. The maximum atomic E-state index is 4.51. The summed E-state index contributed by atoms with van der Waals surface area (Å²) in [6.45, 7) is 5.43. The molecule has 1 aliphatic heterocycles. The van der Waals surface area contributed by atoms with Crippen molar-refractivity contribution in [1.82, 2.24) is 10.2 Å². The van der Waals surface area contributed by atoms with E-state index in [1.807, 2.05) is 11.8 Å². The number of nitrogens with zero attached hydrogens (tertiary/aromatic N) is 2. The zero-order chi connectivity index (χ0) is 11.1. The van der Waals surface area contributed by atoms with Crippen LogP contribution in [0.3, 0.4) is 0 Å². The van der Waals surface area contributed by atoms with Crippen LogP contribution in [-0.2, 0) is 0 Å². The molecule has 0 saturated heterocycles. The fourth-order valence-electron chi connectivity index (χ4n) is 1.58. The molecule has 0 aromatic carbocycles. The van der Waals surface area contributed by atoms with E-state index in [0.29, 0.717) is 0 Å². The Bertz CT molecular complexity index is 204. The first-order chi connectivity index (χ1) is 7.22. The minimum Gasteiger partial charge on any atom is -0.365 e. The number of nitrogens with one attached hydrogen (secondary N) is 1. The molecule has 0 fully saturated rings. The summed E-state index contributed by atoms with van der Waals surface area (Å²) >= 11 is 1.92. The second kappa shape index (κ2) is 7.12. The third-order valence-electron chi connectivity index (χ3n) is 2.39. The van der Waals surface area contributed by atoms with Gasteiger partial charge in [0.25, 0.3) is 0 Å². The Morgan fingerprint density at radius 1 is 1.53 bits per heavy atom. The van der Waals surface area contributed by atoms with Gasteiger partial charge in [-0.05, 0) is 33.5 Å². The van der Waals surface area contributed by atoms with Crippen LogP contribution in [0.2, 0.25) is 0 Å². The van der Waals surface area contributed by atoms with E-state index in [0.717, 1.165) is 30.1 Å². The topological polar surface area (TPSA) is 27.6 Å². The van der Waals surface area contributed by atoms with Crippen LogP contribution >= 0.6 is 11.8 Å². The lowest BCUT2D eigenvalue weighted by Crippen LogP contribution is -2.24. The molecule has 0 amide bonds. The van der Waals surface area contributed by atoms with Crippen molar-refractivity contribution in [2.45, 2.75) is 31.4 Å². The Balaban J connectivity index is 2.03. The van der Waals surface area contributed by atoms with Crippen LogP contribution in [-0.4, -0.2) is 49.0 Å². The first kappa shape index (κ1) is 12.8. The Labute approximate surface area is 97.7 Å². The summed E-state index contributed by atoms with van der Waals surface area (Å²) in [6, 6.07) is 0. The first-order valence-corrected chi connectivity index (χ1v) is 6.70. The molecule has 0 aromatic heterocycles. The second-order valence-corrected chi connectivity index (χ2v) is 5.55. The van der Waals surface area contributed by atoms with Crippen LogP contribution in [0.5, 0.6) is 0 Å². The van der Waals surface area contributed by atoms with Gasteiger partial charge in [-0.3, -0.25) is 4.99 Å². The van der Waals surface area contributed by atoms with Gasteiger partial charge in [0, 0.05) is 11.8 Å². The average Bonchev–Trinajstić information content (AvgIpc) is 2.61. The predicted molar refractivity (Wildman–Crippen MR) is 69.8 cm³/mol. The fourth-order valence-corrected chi connectivity index (χ4v) is 2.73. The summed E-state index contributed by atoms with van der Waals surface area (Å²) in [5.74, 6) is 0. The third-order valence-corrected chi connectivity index (χ3v) is 3.60. The van der Waals surface area contributed by atoms with Crippen LogP contribution in [0.1, 0.15) is 26.2 Å². The quantitative estimate of drug-likeness (QED) is 0.704. The molecule has 0 radical (unpaired) electrons. The highest BCUT2D eigenvalue weighted by Gasteiger charge is 2.17. The summed E-state index contributed by atoms with van der Waals surface area (Å²) in [5, 5.41) is 5.30. The molecule has 0 spiro atoms. The van der Waals surface area contributed by atoms with Crippen LogP contribution in [0.25, 0.3) is 0 Å². The van der Waals surface area contributed by atoms with E-state index < -0.39 is 0 Å². The van der Waals surface area contributed by atoms with Gasteiger partial charge in [-0.15, -0.1) is 0 Å². The van der Waals surface area contributed by atoms with E-state index in [-0.39, 0.29) is 0 Å². The van der Waals surface area contributed by atoms with Crippen molar-refractivity contribution in [1.29, 1.82) is 0 Å². The smallest absolute Gasteiger partial charge is 0.156 e. The van der Waals surface area contributed by atoms with Gasteiger partial charge in [-0.2, -0.15) is 0 Å². The molecule has 0 saturated carbocycles. The lowest BCUT2D eigenvalue weighted by Gasteiger charge is -2.10. The largest absolute Gasteiger partial charge is 0.365 e. The maximum Gasteiger partial charge on any atom is 0.156 e. The van der Waals surface area contributed by atoms with Gasteiger partial charge in [0.1, 0.15) is 0 Å². The van der Waals surface area contributed by atoms with Crippen LogP contribution < -0.4 is 5.32 Å². The number of aliphatic imine (C=N–C) groups is 1. The Morgan fingerprint density at radius 3 is 3.00 bits per heavy atom. The highest BCUT2D eigenvalue weighted by Crippen LogP contribution is 2.23. The minimum absolute atomic E-state index is 0.728. The normalized spacial score (nSPS) is 20.8. The molecule has 0 bridgehead atoms. The average molecular weight is 229 g/mol. The highest BCUT2D eigenvalue weighted by molar-refractivity contribution is 8.14. The van der Waals surface area contributed by atoms with Crippen LogP contribution in [0, 0.1) is 0 Å². The highest BCUT2D eigenvalue weighted by atomic mass is 32.2. The Hall–Kier alpha value is -0.220. The molecule has 1 rings (SSSR count). The monoisotopic (exact) mass is 229 g/mol. The molecule has 3 nitrogen and oxygen atoms in total. The van der Waals surface area contributed by atoms with E-state index in [4.69, 9.17) is 0 Å². The van der Waals surface area contributed by atoms with E-state index in [1.165, 1.54) is 19.3 Å². The molecule has 15 heavy (non-hydrogen) atoms. The third kappa shape index (κ3) is 5.42. The van der Waals surface area contributed by atoms with Crippen molar-refractivity contribution >= 4 is 16.9 Å². The van der Waals surface area contributed by atoms with E-state index in [2.05, 4.69) is 36.2 Å². The summed E-state index contributed by atoms with van der Waals surface area (Å²) < 4.78 is 0. The molecule has 4 heteroatoms. The number of amidine groups is 1. The van der Waals surface area contributed by atoms with Gasteiger partial charge >= 0.3 is 0 Å². The molecule has 1 heterocycles. The molecule has 88 valence electrons. The van der Waals surface area contributed by atoms with Gasteiger partial charge < -0.3 is 10.2 Å². The zero-order valence-corrected chi connectivity index (χ0v) is 10.9. The van der Waals surface area contributed by atoms with Crippen molar-refractivity contribution in [3.8, 4) is 0 Å². The Kier molecular flexibility index (Phi) is 6.10. The van der Waals surface area contributed by atoms with Gasteiger partial charge in [0.15, 0.2) is 5.17 Å². The molecule has 1 N–H and O–H groups in total. The van der Waals surface area contributed by atoms with Gasteiger partial charge in [0.05, 0.1) is 6.54 Å². The van der Waals surface area contributed by atoms with E-state index in [1.54, 1.807) is 0 Å². The zero-order valence-electron chi connectivity index (χ0n) is 10.1. The summed E-state index contributed by atoms with van der Waals surface area (Å²) in [5.41, 5.74) is 0. The van der Waals surface area contributed by atoms with Crippen molar-refractivity contribution < 1.29 is 0 Å². The number of hydrogen-bond acceptors (Lipinski definition) is 4. The lowest BCUT2D eigenvalue weighted by atomic mass is 10.2. The standard InChI is InChI=1S/C11H23N3S/c1-4-6-10-9-13-11(15-10)12-7-5-8-14(2)3/h10H,4-9H2,1-3H3,(H,12,13). The van der Waals surface area contributed by atoms with E-state index >= 15 is 0 Å². The molecule has 0 aromatic rings. The molecule has 0 aliphatic carbocycles. The van der Waals surface area contributed by atoms with Crippen molar-refractivity contribution in [3.63, 3.8) is 0 Å². The molecular formula is C11H23N3S. The molecular weight excluding hydrogens is 206 g/mol. The van der Waals surface area contributed by atoms with Crippen molar-refractivity contribution in [3.05, 3.63) is 0 Å².